The third-order valence-electron chi connectivity index (χ3n) is 5.81. The van der Waals surface area contributed by atoms with Crippen LogP contribution in [-0.4, -0.2) is 47.3 Å². The number of anilines is 2. The number of carbonyl (C=O) groups excluding carboxylic acids is 1. The maximum Gasteiger partial charge on any atom is 0.321 e. The van der Waals surface area contributed by atoms with Gasteiger partial charge in [-0.1, -0.05) is 23.4 Å². The lowest BCUT2D eigenvalue weighted by atomic mass is 10.1. The predicted molar refractivity (Wildman–Crippen MR) is 116 cm³/mol. The number of benzene rings is 2. The molecule has 1 aliphatic heterocycles. The molecule has 0 spiro atoms. The molecule has 2 fully saturated rings. The van der Waals surface area contributed by atoms with Crippen molar-refractivity contribution in [1.82, 2.24) is 15.0 Å². The second-order valence-electron chi connectivity index (χ2n) is 8.00. The number of amides is 2. The lowest BCUT2D eigenvalue weighted by molar-refractivity contribution is 0.208. The fraction of sp³-hybridized carbons (Fsp3) is 0.348. The monoisotopic (exact) mass is 403 g/mol. The second kappa shape index (κ2) is 7.82. The fourth-order valence-electron chi connectivity index (χ4n) is 3.75. The maximum absolute atomic E-state index is 12.6. The molecule has 1 saturated heterocycles. The lowest BCUT2D eigenvalue weighted by Crippen LogP contribution is -2.50. The van der Waals surface area contributed by atoms with Crippen molar-refractivity contribution in [2.24, 2.45) is 0 Å². The summed E-state index contributed by atoms with van der Waals surface area (Å²) in [5, 5.41) is 7.13. The molecule has 0 atom stereocenters. The summed E-state index contributed by atoms with van der Waals surface area (Å²) in [5.41, 5.74) is 4.04. The van der Waals surface area contributed by atoms with Crippen molar-refractivity contribution in [3.8, 4) is 11.4 Å². The number of nitrogens with zero attached hydrogens (tertiary/aromatic N) is 4. The number of rotatable bonds is 4. The zero-order valence-corrected chi connectivity index (χ0v) is 17.0. The number of hydrogen-bond donors (Lipinski definition) is 1. The van der Waals surface area contributed by atoms with Gasteiger partial charge in [-0.15, -0.1) is 0 Å². The van der Waals surface area contributed by atoms with Crippen molar-refractivity contribution in [2.45, 2.75) is 25.7 Å². The molecular weight excluding hydrogens is 378 g/mol. The van der Waals surface area contributed by atoms with E-state index in [4.69, 9.17) is 4.52 Å². The van der Waals surface area contributed by atoms with Gasteiger partial charge in [0.05, 0.1) is 0 Å². The second-order valence-corrected chi connectivity index (χ2v) is 8.00. The molecule has 1 N–H and O–H groups in total. The fourth-order valence-corrected chi connectivity index (χ4v) is 3.75. The van der Waals surface area contributed by atoms with Crippen molar-refractivity contribution >= 4 is 17.4 Å². The van der Waals surface area contributed by atoms with Crippen LogP contribution in [0.1, 0.15) is 30.2 Å². The van der Waals surface area contributed by atoms with E-state index in [9.17, 15) is 4.79 Å². The van der Waals surface area contributed by atoms with Gasteiger partial charge in [-0.2, -0.15) is 4.98 Å². The number of piperazine rings is 1. The Kier molecular flexibility index (Phi) is 4.86. The molecule has 2 aromatic carbocycles. The molecule has 5 rings (SSSR count). The molecule has 7 heteroatoms. The average molecular weight is 403 g/mol. The lowest BCUT2D eigenvalue weighted by Gasteiger charge is -2.36. The summed E-state index contributed by atoms with van der Waals surface area (Å²) in [5.74, 6) is 1.88. The van der Waals surface area contributed by atoms with Crippen LogP contribution in [0.4, 0.5) is 16.2 Å². The summed E-state index contributed by atoms with van der Waals surface area (Å²) in [6.07, 6.45) is 2.30. The van der Waals surface area contributed by atoms with Gasteiger partial charge in [0, 0.05) is 49.0 Å². The summed E-state index contributed by atoms with van der Waals surface area (Å²) in [6.45, 7) is 4.98. The zero-order chi connectivity index (χ0) is 20.5. The van der Waals surface area contributed by atoms with Gasteiger partial charge in [-0.3, -0.25) is 0 Å². The third-order valence-corrected chi connectivity index (χ3v) is 5.81. The van der Waals surface area contributed by atoms with Crippen molar-refractivity contribution in [3.05, 3.63) is 60.0 Å². The normalized spacial score (nSPS) is 16.6. The molecule has 7 nitrogen and oxygen atoms in total. The molecule has 1 saturated carbocycles. The van der Waals surface area contributed by atoms with Gasteiger partial charge in [-0.25, -0.2) is 4.79 Å². The van der Waals surface area contributed by atoms with Crippen molar-refractivity contribution in [3.63, 3.8) is 0 Å². The van der Waals surface area contributed by atoms with E-state index in [1.54, 1.807) is 0 Å². The highest BCUT2D eigenvalue weighted by Gasteiger charge is 2.29. The predicted octanol–water partition coefficient (Wildman–Crippen LogP) is 4.28. The van der Waals surface area contributed by atoms with Crippen LogP contribution in [0.25, 0.3) is 11.4 Å². The van der Waals surface area contributed by atoms with Gasteiger partial charge in [0.15, 0.2) is 0 Å². The topological polar surface area (TPSA) is 74.5 Å². The summed E-state index contributed by atoms with van der Waals surface area (Å²) in [4.78, 5) is 21.3. The highest BCUT2D eigenvalue weighted by Crippen LogP contribution is 2.39. The van der Waals surface area contributed by atoms with E-state index in [0.29, 0.717) is 24.8 Å². The van der Waals surface area contributed by atoms with Crippen LogP contribution in [0.15, 0.2) is 53.1 Å². The van der Waals surface area contributed by atoms with Gasteiger partial charge >= 0.3 is 6.03 Å². The highest BCUT2D eigenvalue weighted by atomic mass is 16.5. The van der Waals surface area contributed by atoms with Gasteiger partial charge in [-0.05, 0) is 55.7 Å². The molecular formula is C23H25N5O2. The Morgan fingerprint density at radius 1 is 1.03 bits per heavy atom. The van der Waals surface area contributed by atoms with E-state index >= 15 is 0 Å². The van der Waals surface area contributed by atoms with E-state index in [1.807, 2.05) is 48.2 Å². The first kappa shape index (κ1) is 18.7. The third kappa shape index (κ3) is 3.87. The van der Waals surface area contributed by atoms with Gasteiger partial charge in [0.1, 0.15) is 0 Å². The Bertz CT molecular complexity index is 1030. The summed E-state index contributed by atoms with van der Waals surface area (Å²) >= 11 is 0. The van der Waals surface area contributed by atoms with Crippen molar-refractivity contribution in [1.29, 1.82) is 0 Å². The summed E-state index contributed by atoms with van der Waals surface area (Å²) in [6, 6.07) is 16.0. The number of urea groups is 1. The summed E-state index contributed by atoms with van der Waals surface area (Å²) in [7, 11) is 0. The quantitative estimate of drug-likeness (QED) is 0.704. The van der Waals surface area contributed by atoms with Crippen LogP contribution >= 0.6 is 0 Å². The molecule has 2 heterocycles. The van der Waals surface area contributed by atoms with E-state index in [-0.39, 0.29) is 6.03 Å². The van der Waals surface area contributed by atoms with Gasteiger partial charge < -0.3 is 19.6 Å². The Hall–Kier alpha value is -3.35. The van der Waals surface area contributed by atoms with Gasteiger partial charge in [0.25, 0.3) is 0 Å². The van der Waals surface area contributed by atoms with Crippen LogP contribution in [0.3, 0.4) is 0 Å². The van der Waals surface area contributed by atoms with Crippen LogP contribution in [0.2, 0.25) is 0 Å². The average Bonchev–Trinajstić information content (AvgIpc) is 3.52. The highest BCUT2D eigenvalue weighted by molar-refractivity contribution is 5.90. The van der Waals surface area contributed by atoms with E-state index in [1.165, 1.54) is 0 Å². The van der Waals surface area contributed by atoms with Crippen molar-refractivity contribution in [2.75, 3.05) is 36.4 Å². The number of hydrogen-bond acceptors (Lipinski definition) is 5. The molecule has 154 valence electrons. The standard InChI is InChI=1S/C23H25N5O2/c1-16-4-2-3-5-20(16)24-23(29)28-14-12-27(13-15-28)19-10-8-17(9-11-19)21-25-22(30-26-21)18-6-7-18/h2-5,8-11,18H,6-7,12-15H2,1H3,(H,24,29). The molecule has 30 heavy (non-hydrogen) atoms. The maximum atomic E-state index is 12.6. The molecule has 1 aromatic heterocycles. The SMILES string of the molecule is Cc1ccccc1NC(=O)N1CCN(c2ccc(-c3noc(C4CC4)n3)cc2)CC1. The van der Waals surface area contributed by atoms with Crippen LogP contribution < -0.4 is 10.2 Å². The first-order valence-electron chi connectivity index (χ1n) is 10.5. The Labute approximate surface area is 175 Å². The number of aryl methyl sites for hydroxylation is 1. The zero-order valence-electron chi connectivity index (χ0n) is 17.0. The van der Waals surface area contributed by atoms with Crippen molar-refractivity contribution < 1.29 is 9.32 Å². The van der Waals surface area contributed by atoms with E-state index in [2.05, 4.69) is 32.5 Å². The minimum Gasteiger partial charge on any atom is -0.368 e. The minimum absolute atomic E-state index is 0.0390. The first-order valence-corrected chi connectivity index (χ1v) is 10.5. The van der Waals surface area contributed by atoms with E-state index in [0.717, 1.165) is 54.3 Å². The Balaban J connectivity index is 1.18. The minimum atomic E-state index is -0.0390. The van der Waals surface area contributed by atoms with Crippen LogP contribution in [0.5, 0.6) is 0 Å². The Morgan fingerprint density at radius 2 is 1.77 bits per heavy atom. The number of nitrogens with one attached hydrogen (secondary N) is 1. The molecule has 2 amide bonds. The molecule has 0 bridgehead atoms. The molecule has 2 aliphatic rings. The van der Waals surface area contributed by atoms with Crippen LogP contribution in [-0.2, 0) is 0 Å². The molecule has 1 aliphatic carbocycles. The number of para-hydroxylation sites is 1. The summed E-state index contributed by atoms with van der Waals surface area (Å²) < 4.78 is 5.36. The van der Waals surface area contributed by atoms with E-state index < -0.39 is 0 Å². The number of aromatic nitrogens is 2. The number of carbonyl (C=O) groups is 1. The largest absolute Gasteiger partial charge is 0.368 e. The Morgan fingerprint density at radius 3 is 2.47 bits per heavy atom. The molecule has 0 radical (unpaired) electrons. The van der Waals surface area contributed by atoms with Gasteiger partial charge in [0.2, 0.25) is 11.7 Å². The smallest absolute Gasteiger partial charge is 0.321 e. The first-order chi connectivity index (χ1) is 14.7. The van der Waals surface area contributed by atoms with Crippen LogP contribution in [0, 0.1) is 6.92 Å². The molecule has 3 aromatic rings. The molecule has 0 unspecified atom stereocenters.